The van der Waals surface area contributed by atoms with E-state index < -0.39 is 5.63 Å². The summed E-state index contributed by atoms with van der Waals surface area (Å²) < 4.78 is 11.0. The molecule has 0 atom stereocenters. The first-order valence-corrected chi connectivity index (χ1v) is 8.47. The molecule has 3 rings (SSSR count). The van der Waals surface area contributed by atoms with E-state index in [1.165, 1.54) is 24.3 Å². The number of benzene rings is 2. The fourth-order valence-electron chi connectivity index (χ4n) is 2.79. The second kappa shape index (κ2) is 7.39. The van der Waals surface area contributed by atoms with Crippen LogP contribution in [0.25, 0.3) is 10.8 Å². The van der Waals surface area contributed by atoms with E-state index in [4.69, 9.17) is 9.15 Å². The van der Waals surface area contributed by atoms with Gasteiger partial charge in [0, 0.05) is 18.6 Å². The van der Waals surface area contributed by atoms with Crippen molar-refractivity contribution in [2.45, 2.75) is 32.6 Å². The van der Waals surface area contributed by atoms with Crippen LogP contribution >= 0.6 is 0 Å². The first-order chi connectivity index (χ1) is 12.5. The molecule has 3 N–H and O–H groups in total. The summed E-state index contributed by atoms with van der Waals surface area (Å²) in [6.07, 6.45) is 3.65. The van der Waals surface area contributed by atoms with Gasteiger partial charge >= 0.3 is 5.63 Å². The standard InChI is InChI=1S/C20H20O6/c1-2-3-4-5-15-9-12-8-14(22)11-18(19(12)20(24)25-15)26-17-7-6-13(21)10-16(17)23/h6-11,21-23H,2-5H2,1H3. The maximum absolute atomic E-state index is 12.5. The van der Waals surface area contributed by atoms with E-state index in [0.717, 1.165) is 25.3 Å². The molecule has 0 fully saturated rings. The Morgan fingerprint density at radius 1 is 0.962 bits per heavy atom. The van der Waals surface area contributed by atoms with Crippen LogP contribution in [-0.4, -0.2) is 15.3 Å². The number of fused-ring (bicyclic) bond motifs is 1. The van der Waals surface area contributed by atoms with Crippen molar-refractivity contribution in [3.8, 4) is 28.7 Å². The predicted molar refractivity (Wildman–Crippen MR) is 97.2 cm³/mol. The summed E-state index contributed by atoms with van der Waals surface area (Å²) in [4.78, 5) is 12.5. The van der Waals surface area contributed by atoms with Crippen LogP contribution in [0.4, 0.5) is 0 Å². The van der Waals surface area contributed by atoms with Crippen LogP contribution in [0.2, 0.25) is 0 Å². The van der Waals surface area contributed by atoms with Crippen LogP contribution in [0, 0.1) is 0 Å². The van der Waals surface area contributed by atoms with Crippen molar-refractivity contribution in [2.24, 2.45) is 0 Å². The third kappa shape index (κ3) is 3.74. The van der Waals surface area contributed by atoms with Gasteiger partial charge in [-0.1, -0.05) is 19.8 Å². The normalized spacial score (nSPS) is 11.0. The molecule has 0 amide bonds. The topological polar surface area (TPSA) is 100 Å². The molecule has 136 valence electrons. The third-order valence-corrected chi connectivity index (χ3v) is 4.05. The number of hydrogen-bond donors (Lipinski definition) is 3. The summed E-state index contributed by atoms with van der Waals surface area (Å²) in [6.45, 7) is 2.09. The van der Waals surface area contributed by atoms with Crippen LogP contribution in [0.1, 0.15) is 31.9 Å². The van der Waals surface area contributed by atoms with Crippen LogP contribution in [0.3, 0.4) is 0 Å². The largest absolute Gasteiger partial charge is 0.508 e. The van der Waals surface area contributed by atoms with Crippen molar-refractivity contribution in [3.63, 3.8) is 0 Å². The Kier molecular flexibility index (Phi) is 5.02. The molecule has 0 aliphatic heterocycles. The van der Waals surface area contributed by atoms with E-state index in [9.17, 15) is 20.1 Å². The molecule has 2 aromatic carbocycles. The predicted octanol–water partition coefficient (Wildman–Crippen LogP) is 4.43. The highest BCUT2D eigenvalue weighted by Crippen LogP contribution is 2.37. The molecule has 26 heavy (non-hydrogen) atoms. The van der Waals surface area contributed by atoms with Gasteiger partial charge in [-0.15, -0.1) is 0 Å². The molecule has 6 heteroatoms. The van der Waals surface area contributed by atoms with E-state index in [1.807, 2.05) is 0 Å². The SMILES string of the molecule is CCCCCc1cc2cc(O)cc(Oc3ccc(O)cc3O)c2c(=O)o1. The number of phenolic OH excluding ortho intramolecular Hbond substituents is 3. The molecule has 6 nitrogen and oxygen atoms in total. The summed E-state index contributed by atoms with van der Waals surface area (Å²) in [6, 6.07) is 8.29. The highest BCUT2D eigenvalue weighted by atomic mass is 16.5. The minimum atomic E-state index is -0.567. The molecular weight excluding hydrogens is 336 g/mol. The maximum atomic E-state index is 12.5. The number of aryl methyl sites for hydroxylation is 1. The number of aromatic hydroxyl groups is 3. The van der Waals surface area contributed by atoms with Crippen LogP contribution in [0.15, 0.2) is 45.6 Å². The Bertz CT molecular complexity index is 989. The zero-order chi connectivity index (χ0) is 18.7. The van der Waals surface area contributed by atoms with Gasteiger partial charge in [-0.05, 0) is 36.1 Å². The smallest absolute Gasteiger partial charge is 0.347 e. The monoisotopic (exact) mass is 356 g/mol. The van der Waals surface area contributed by atoms with E-state index >= 15 is 0 Å². The number of phenols is 3. The lowest BCUT2D eigenvalue weighted by molar-refractivity contribution is 0.401. The lowest BCUT2D eigenvalue weighted by atomic mass is 10.1. The number of unbranched alkanes of at least 4 members (excludes halogenated alkanes) is 2. The van der Waals surface area contributed by atoms with Gasteiger partial charge in [0.25, 0.3) is 0 Å². The summed E-state index contributed by atoms with van der Waals surface area (Å²) in [5.41, 5.74) is -0.567. The Balaban J connectivity index is 2.04. The van der Waals surface area contributed by atoms with Crippen molar-refractivity contribution in [1.29, 1.82) is 0 Å². The van der Waals surface area contributed by atoms with E-state index in [0.29, 0.717) is 17.6 Å². The molecule has 0 bridgehead atoms. The van der Waals surface area contributed by atoms with Gasteiger partial charge in [0.05, 0.1) is 0 Å². The Morgan fingerprint density at radius 3 is 2.50 bits per heavy atom. The molecule has 0 aliphatic carbocycles. The lowest BCUT2D eigenvalue weighted by Gasteiger charge is -2.11. The number of rotatable bonds is 6. The highest BCUT2D eigenvalue weighted by Gasteiger charge is 2.15. The summed E-state index contributed by atoms with van der Waals surface area (Å²) in [5, 5.41) is 29.9. The van der Waals surface area contributed by atoms with E-state index in [2.05, 4.69) is 6.92 Å². The summed E-state index contributed by atoms with van der Waals surface area (Å²) in [7, 11) is 0. The fraction of sp³-hybridized carbons (Fsp3) is 0.250. The van der Waals surface area contributed by atoms with Crippen molar-refractivity contribution < 1.29 is 24.5 Å². The summed E-state index contributed by atoms with van der Waals surface area (Å²) in [5.74, 6) is 0.181. The van der Waals surface area contributed by atoms with E-state index in [-0.39, 0.29) is 34.1 Å². The van der Waals surface area contributed by atoms with Gasteiger partial charge < -0.3 is 24.5 Å². The second-order valence-corrected chi connectivity index (χ2v) is 6.12. The maximum Gasteiger partial charge on any atom is 0.347 e. The average molecular weight is 356 g/mol. The van der Waals surface area contributed by atoms with Crippen molar-refractivity contribution >= 4 is 10.8 Å². The first kappa shape index (κ1) is 17.7. The lowest BCUT2D eigenvalue weighted by Crippen LogP contribution is -2.04. The molecular formula is C20H20O6. The Labute approximate surface area is 149 Å². The van der Waals surface area contributed by atoms with Gasteiger partial charge in [-0.2, -0.15) is 0 Å². The van der Waals surface area contributed by atoms with Crippen molar-refractivity contribution in [2.75, 3.05) is 0 Å². The molecule has 3 aromatic rings. The van der Waals surface area contributed by atoms with Gasteiger partial charge in [-0.25, -0.2) is 4.79 Å². The first-order valence-electron chi connectivity index (χ1n) is 8.47. The molecule has 0 unspecified atom stereocenters. The molecule has 0 saturated heterocycles. The third-order valence-electron chi connectivity index (χ3n) is 4.05. The quantitative estimate of drug-likeness (QED) is 0.565. The molecule has 1 heterocycles. The van der Waals surface area contributed by atoms with Gasteiger partial charge in [0.1, 0.15) is 28.4 Å². The number of ether oxygens (including phenoxy) is 1. The molecule has 1 aromatic heterocycles. The fourth-order valence-corrected chi connectivity index (χ4v) is 2.79. The minimum absolute atomic E-state index is 0.0427. The number of hydrogen-bond acceptors (Lipinski definition) is 6. The highest BCUT2D eigenvalue weighted by molar-refractivity contribution is 5.89. The van der Waals surface area contributed by atoms with Crippen molar-refractivity contribution in [3.05, 3.63) is 52.6 Å². The van der Waals surface area contributed by atoms with Gasteiger partial charge in [0.15, 0.2) is 11.5 Å². The Hall–Kier alpha value is -3.15. The Morgan fingerprint density at radius 2 is 1.77 bits per heavy atom. The molecule has 0 spiro atoms. The van der Waals surface area contributed by atoms with Gasteiger partial charge in [0.2, 0.25) is 0 Å². The van der Waals surface area contributed by atoms with Gasteiger partial charge in [-0.3, -0.25) is 0 Å². The van der Waals surface area contributed by atoms with Crippen LogP contribution in [-0.2, 0) is 6.42 Å². The molecule has 0 saturated carbocycles. The molecule has 0 radical (unpaired) electrons. The van der Waals surface area contributed by atoms with Crippen LogP contribution in [0.5, 0.6) is 28.7 Å². The second-order valence-electron chi connectivity index (χ2n) is 6.12. The van der Waals surface area contributed by atoms with E-state index in [1.54, 1.807) is 6.07 Å². The minimum Gasteiger partial charge on any atom is -0.508 e. The summed E-state index contributed by atoms with van der Waals surface area (Å²) >= 11 is 0. The average Bonchev–Trinajstić information content (AvgIpc) is 2.57. The zero-order valence-corrected chi connectivity index (χ0v) is 14.4. The van der Waals surface area contributed by atoms with Crippen molar-refractivity contribution in [1.82, 2.24) is 0 Å². The zero-order valence-electron chi connectivity index (χ0n) is 14.4. The molecule has 0 aliphatic rings. The van der Waals surface area contributed by atoms with Crippen LogP contribution < -0.4 is 10.4 Å².